The van der Waals surface area contributed by atoms with Gasteiger partial charge in [0.2, 0.25) is 0 Å². The molecule has 21 heavy (non-hydrogen) atoms. The fraction of sp³-hybridized carbons (Fsp3) is 0.471. The van der Waals surface area contributed by atoms with E-state index in [9.17, 15) is 10.1 Å². The van der Waals surface area contributed by atoms with Crippen molar-refractivity contribution in [2.75, 3.05) is 7.11 Å². The van der Waals surface area contributed by atoms with Gasteiger partial charge in [0.25, 0.3) is 0 Å². The third-order valence-electron chi connectivity index (χ3n) is 4.03. The van der Waals surface area contributed by atoms with Crippen molar-refractivity contribution in [3.8, 4) is 6.07 Å². The highest BCUT2D eigenvalue weighted by Gasteiger charge is 2.47. The summed E-state index contributed by atoms with van der Waals surface area (Å²) in [6, 6.07) is 7.78. The lowest BCUT2D eigenvalue weighted by atomic mass is 9.68. The van der Waals surface area contributed by atoms with Crippen LogP contribution in [0.25, 0.3) is 0 Å². The molecule has 0 N–H and O–H groups in total. The maximum atomic E-state index is 12.3. The molecular weight excluding hydrogens is 264 g/mol. The molecule has 1 aliphatic carbocycles. The molecule has 0 bridgehead atoms. The normalized spacial score (nSPS) is 24.3. The number of nitriles is 1. The van der Waals surface area contributed by atoms with Crippen molar-refractivity contribution in [1.82, 2.24) is 4.98 Å². The number of pyridine rings is 1. The van der Waals surface area contributed by atoms with Gasteiger partial charge in [-0.25, -0.2) is 0 Å². The van der Waals surface area contributed by atoms with Crippen molar-refractivity contribution in [3.05, 3.63) is 41.2 Å². The first kappa shape index (κ1) is 15.4. The number of carbonyl (C=O) groups is 1. The molecule has 0 spiro atoms. The van der Waals surface area contributed by atoms with Gasteiger partial charge in [0, 0.05) is 18.2 Å². The van der Waals surface area contributed by atoms with E-state index in [0.717, 1.165) is 17.8 Å². The summed E-state index contributed by atoms with van der Waals surface area (Å²) in [5.74, 6) is -0.135. The van der Waals surface area contributed by atoms with Gasteiger partial charge >= 0.3 is 0 Å². The Morgan fingerprint density at radius 1 is 1.43 bits per heavy atom. The predicted molar refractivity (Wildman–Crippen MR) is 79.4 cm³/mol. The molecule has 0 radical (unpaired) electrons. The van der Waals surface area contributed by atoms with E-state index in [1.807, 2.05) is 45.0 Å². The fourth-order valence-electron chi connectivity index (χ4n) is 2.85. The molecule has 2 rings (SSSR count). The Kier molecular flexibility index (Phi) is 3.97. The summed E-state index contributed by atoms with van der Waals surface area (Å²) in [6.07, 6.45) is 2.92. The van der Waals surface area contributed by atoms with E-state index in [0.29, 0.717) is 6.42 Å². The average molecular weight is 284 g/mol. The molecule has 110 valence electrons. The van der Waals surface area contributed by atoms with E-state index in [-0.39, 0.29) is 11.4 Å². The van der Waals surface area contributed by atoms with E-state index >= 15 is 0 Å². The van der Waals surface area contributed by atoms with Gasteiger partial charge in [-0.05, 0) is 31.1 Å². The molecule has 1 aliphatic rings. The highest BCUT2D eigenvalue weighted by atomic mass is 16.5. The molecule has 1 unspecified atom stereocenters. The van der Waals surface area contributed by atoms with Gasteiger partial charge in [0.1, 0.15) is 11.7 Å². The molecule has 1 heterocycles. The van der Waals surface area contributed by atoms with Crippen molar-refractivity contribution < 1.29 is 9.53 Å². The zero-order valence-corrected chi connectivity index (χ0v) is 12.9. The van der Waals surface area contributed by atoms with E-state index in [1.54, 1.807) is 13.2 Å². The van der Waals surface area contributed by atoms with Gasteiger partial charge in [0.15, 0.2) is 5.78 Å². The summed E-state index contributed by atoms with van der Waals surface area (Å²) in [4.78, 5) is 16.9. The van der Waals surface area contributed by atoms with Crippen LogP contribution in [0.5, 0.6) is 0 Å². The highest BCUT2D eigenvalue weighted by molar-refractivity contribution is 6.03. The van der Waals surface area contributed by atoms with Crippen LogP contribution in [0.1, 0.15) is 38.6 Å². The van der Waals surface area contributed by atoms with Gasteiger partial charge < -0.3 is 4.74 Å². The smallest absolute Gasteiger partial charge is 0.178 e. The molecule has 0 aromatic carbocycles. The van der Waals surface area contributed by atoms with Crippen LogP contribution in [0.3, 0.4) is 0 Å². The zero-order chi connectivity index (χ0) is 15.7. The van der Waals surface area contributed by atoms with Crippen molar-refractivity contribution >= 4 is 5.78 Å². The Balaban J connectivity index is 2.63. The van der Waals surface area contributed by atoms with Crippen molar-refractivity contribution in [2.24, 2.45) is 5.41 Å². The number of allylic oxidation sites excluding steroid dienone is 1. The summed E-state index contributed by atoms with van der Waals surface area (Å²) < 4.78 is 5.74. The minimum absolute atomic E-state index is 0.135. The topological polar surface area (TPSA) is 63.0 Å². The maximum absolute atomic E-state index is 12.3. The Bertz CT molecular complexity index is 640. The molecule has 4 heteroatoms. The van der Waals surface area contributed by atoms with Crippen LogP contribution in [0.15, 0.2) is 29.8 Å². The van der Waals surface area contributed by atoms with Crippen molar-refractivity contribution in [3.63, 3.8) is 0 Å². The second kappa shape index (κ2) is 5.42. The van der Waals surface area contributed by atoms with Gasteiger partial charge in [-0.1, -0.05) is 26.8 Å². The number of aryl methyl sites for hydroxylation is 1. The lowest BCUT2D eigenvalue weighted by molar-refractivity contribution is -0.128. The van der Waals surface area contributed by atoms with E-state index in [1.165, 1.54) is 0 Å². The van der Waals surface area contributed by atoms with E-state index in [4.69, 9.17) is 4.74 Å². The molecule has 0 aliphatic heterocycles. The Hall–Kier alpha value is -1.99. The summed E-state index contributed by atoms with van der Waals surface area (Å²) >= 11 is 0. The first-order valence-electron chi connectivity index (χ1n) is 7.08. The van der Waals surface area contributed by atoms with Gasteiger partial charge in [0.05, 0.1) is 11.3 Å². The first-order chi connectivity index (χ1) is 9.88. The number of ketones is 1. The highest BCUT2D eigenvalue weighted by Crippen LogP contribution is 2.44. The first-order valence-corrected chi connectivity index (χ1v) is 7.08. The minimum atomic E-state index is -0.826. The Labute approximate surface area is 125 Å². The number of methoxy groups -OCH3 is 1. The lowest BCUT2D eigenvalue weighted by Gasteiger charge is -2.39. The van der Waals surface area contributed by atoms with Crippen LogP contribution >= 0.6 is 0 Å². The standard InChI is InChI=1S/C17H20N2O2/c1-5-13-7-6-8-14(19-13)17(21-4)9-12(10-18)15(20)16(2,3)11-17/h6-9H,5,11H2,1-4H3. The Morgan fingerprint density at radius 2 is 2.14 bits per heavy atom. The molecule has 0 saturated carbocycles. The van der Waals surface area contributed by atoms with Gasteiger partial charge in [-0.2, -0.15) is 5.26 Å². The molecular formula is C17H20N2O2. The van der Waals surface area contributed by atoms with Crippen LogP contribution in [0.2, 0.25) is 0 Å². The number of hydrogen-bond acceptors (Lipinski definition) is 4. The molecule has 1 aromatic rings. The lowest BCUT2D eigenvalue weighted by Crippen LogP contribution is -2.42. The van der Waals surface area contributed by atoms with Crippen LogP contribution in [-0.2, 0) is 21.6 Å². The average Bonchev–Trinajstić information content (AvgIpc) is 2.50. The summed E-state index contributed by atoms with van der Waals surface area (Å²) in [6.45, 7) is 5.73. The van der Waals surface area contributed by atoms with Gasteiger partial charge in [-0.3, -0.25) is 9.78 Å². The molecule has 0 saturated heterocycles. The quantitative estimate of drug-likeness (QED) is 0.856. The van der Waals surface area contributed by atoms with E-state index < -0.39 is 11.0 Å². The second-order valence-corrected chi connectivity index (χ2v) is 6.02. The zero-order valence-electron chi connectivity index (χ0n) is 12.9. The summed E-state index contributed by atoms with van der Waals surface area (Å²) in [7, 11) is 1.59. The SMILES string of the molecule is CCc1cccc(C2(OC)C=C(C#N)C(=O)C(C)(C)C2)n1. The number of rotatable bonds is 3. The second-order valence-electron chi connectivity index (χ2n) is 6.02. The summed E-state index contributed by atoms with van der Waals surface area (Å²) in [5, 5.41) is 9.25. The van der Waals surface area contributed by atoms with Crippen LogP contribution in [-0.4, -0.2) is 17.9 Å². The Morgan fingerprint density at radius 3 is 2.71 bits per heavy atom. The molecule has 0 fully saturated rings. The molecule has 1 aromatic heterocycles. The van der Waals surface area contributed by atoms with E-state index in [2.05, 4.69) is 4.98 Å². The van der Waals surface area contributed by atoms with Crippen LogP contribution < -0.4 is 0 Å². The monoisotopic (exact) mass is 284 g/mol. The molecule has 4 nitrogen and oxygen atoms in total. The number of ether oxygens (including phenoxy) is 1. The largest absolute Gasteiger partial charge is 0.368 e. The number of carbonyl (C=O) groups excluding carboxylic acids is 1. The van der Waals surface area contributed by atoms with Crippen LogP contribution in [0.4, 0.5) is 0 Å². The van der Waals surface area contributed by atoms with Crippen LogP contribution in [0, 0.1) is 16.7 Å². The fourth-order valence-corrected chi connectivity index (χ4v) is 2.85. The van der Waals surface area contributed by atoms with Crippen molar-refractivity contribution in [1.29, 1.82) is 5.26 Å². The number of hydrogen-bond donors (Lipinski definition) is 0. The predicted octanol–water partition coefficient (Wildman–Crippen LogP) is 2.93. The van der Waals surface area contributed by atoms with Gasteiger partial charge in [-0.15, -0.1) is 0 Å². The van der Waals surface area contributed by atoms with Crippen molar-refractivity contribution in [2.45, 2.75) is 39.2 Å². The summed E-state index contributed by atoms with van der Waals surface area (Å²) in [5.41, 5.74) is 0.382. The number of Topliss-reactive ketones (excluding diaryl/α,β-unsaturated/α-hetero) is 1. The third-order valence-corrected chi connectivity index (χ3v) is 4.03. The minimum Gasteiger partial charge on any atom is -0.368 e. The number of nitrogens with zero attached hydrogens (tertiary/aromatic N) is 2. The maximum Gasteiger partial charge on any atom is 0.178 e. The third kappa shape index (κ3) is 2.62. The molecule has 1 atom stereocenters. The number of aromatic nitrogens is 1. The molecule has 0 amide bonds.